The minimum Gasteiger partial charge on any atom is -0.461 e. The standard InChI is InChI=1S/C64H125N5O4.C13H24O3/c1-6-11-16-21-26-27-28-29-30-34-39-43-50-66(52-45-46-59-73-64(72)47-40-35-25-20-15-10-5)60-62(70)68-55-57-69(58-56-68)63(71)61-67(51-44-38-33-24-19-14-9-4)54-53-65(48-41-36-31-22-17-12-7-2)49-42-37-32-23-18-13-8-3;1-2-3-4-5-6-7-10-13(15)16-12-9-8-11-14/h45-46H,6-44,47-61H2,1-5H3;8-9,14H,2-7,10-12H2,1H3/b46-45-;9-8-. The SMILES string of the molecule is CCCCCCCCC(=O)OC/C=C\CO.CCCCCCCCCCCCCCN(C/C=C\COC(=O)CCCCCCCC)CC(=O)N1CCN(C(=O)CN(CCCCCCCCC)CCN(CCCCCCCCC)CCCCCCCCC)CC1. The van der Waals surface area contributed by atoms with Crippen molar-refractivity contribution in [2.75, 3.05) is 105 Å². The Labute approximate surface area is 552 Å². The normalized spacial score (nSPS) is 12.8. The van der Waals surface area contributed by atoms with Gasteiger partial charge >= 0.3 is 11.9 Å². The quantitative estimate of drug-likeness (QED) is 0.0358. The summed E-state index contributed by atoms with van der Waals surface area (Å²) in [6.45, 7) is 24.3. The van der Waals surface area contributed by atoms with Gasteiger partial charge in [-0.2, -0.15) is 0 Å². The van der Waals surface area contributed by atoms with Crippen LogP contribution in [0.4, 0.5) is 0 Å². The van der Waals surface area contributed by atoms with E-state index in [2.05, 4.69) is 62.3 Å². The number of aliphatic hydroxyl groups is 1. The zero-order valence-corrected chi connectivity index (χ0v) is 60.0. The highest BCUT2D eigenvalue weighted by atomic mass is 16.5. The molecule has 12 nitrogen and oxygen atoms in total. The van der Waals surface area contributed by atoms with Crippen LogP contribution in [0.5, 0.6) is 0 Å². The van der Waals surface area contributed by atoms with Crippen molar-refractivity contribution in [3.8, 4) is 0 Å². The summed E-state index contributed by atoms with van der Waals surface area (Å²) >= 11 is 0. The lowest BCUT2D eigenvalue weighted by Crippen LogP contribution is -2.54. The fourth-order valence-electron chi connectivity index (χ4n) is 11.9. The predicted octanol–water partition coefficient (Wildman–Crippen LogP) is 19.2. The molecule has 1 N–H and O–H groups in total. The van der Waals surface area contributed by atoms with Crippen LogP contribution in [0.2, 0.25) is 0 Å². The average Bonchev–Trinajstić information content (AvgIpc) is 3.64. The van der Waals surface area contributed by atoms with E-state index in [4.69, 9.17) is 14.6 Å². The number of rotatable bonds is 65. The van der Waals surface area contributed by atoms with Crippen molar-refractivity contribution in [2.45, 2.75) is 343 Å². The lowest BCUT2D eigenvalue weighted by atomic mass is 10.1. The van der Waals surface area contributed by atoms with Crippen LogP contribution in [-0.2, 0) is 28.7 Å². The topological polar surface area (TPSA) is 123 Å². The monoisotopic (exact) mass is 1260 g/mol. The molecule has 0 spiro atoms. The summed E-state index contributed by atoms with van der Waals surface area (Å²) in [6, 6.07) is 0. The van der Waals surface area contributed by atoms with E-state index < -0.39 is 0 Å². The van der Waals surface area contributed by atoms with E-state index in [0.717, 1.165) is 64.7 Å². The summed E-state index contributed by atoms with van der Waals surface area (Å²) in [5, 5.41) is 8.45. The van der Waals surface area contributed by atoms with Gasteiger partial charge in [0.2, 0.25) is 11.8 Å². The lowest BCUT2D eigenvalue weighted by Gasteiger charge is -2.37. The maximum atomic E-state index is 14.1. The third-order valence-corrected chi connectivity index (χ3v) is 17.9. The minimum atomic E-state index is -0.141. The largest absolute Gasteiger partial charge is 0.461 e. The van der Waals surface area contributed by atoms with Gasteiger partial charge in [0.15, 0.2) is 0 Å². The summed E-state index contributed by atoms with van der Waals surface area (Å²) in [5.74, 6) is 0.134. The first-order valence-corrected chi connectivity index (χ1v) is 38.6. The van der Waals surface area contributed by atoms with Crippen LogP contribution in [0.15, 0.2) is 24.3 Å². The van der Waals surface area contributed by atoms with E-state index in [1.54, 1.807) is 12.2 Å². The Kier molecular flexibility index (Phi) is 67.4. The molecule has 1 fully saturated rings. The molecule has 0 aromatic rings. The molecule has 1 saturated heterocycles. The van der Waals surface area contributed by atoms with Gasteiger partial charge in [0.1, 0.15) is 13.2 Å². The van der Waals surface area contributed by atoms with Crippen molar-refractivity contribution in [2.24, 2.45) is 0 Å². The predicted molar refractivity (Wildman–Crippen MR) is 381 cm³/mol. The first kappa shape index (κ1) is 86.2. The van der Waals surface area contributed by atoms with Gasteiger partial charge in [0, 0.05) is 58.7 Å². The molecule has 89 heavy (non-hydrogen) atoms. The number of nitrogens with zero attached hydrogens (tertiary/aromatic N) is 5. The second-order valence-electron chi connectivity index (χ2n) is 26.4. The van der Waals surface area contributed by atoms with Crippen molar-refractivity contribution >= 4 is 23.8 Å². The Balaban J connectivity index is 0.00000420. The Morgan fingerprint density at radius 2 is 0.573 bits per heavy atom. The molecular weight excluding hydrogens is 1110 g/mol. The number of amides is 2. The molecule has 2 amide bonds. The third kappa shape index (κ3) is 59.9. The fourth-order valence-corrected chi connectivity index (χ4v) is 11.9. The molecule has 1 aliphatic rings. The molecule has 0 radical (unpaired) electrons. The number of carbonyl (C=O) groups is 4. The van der Waals surface area contributed by atoms with Crippen molar-refractivity contribution in [1.82, 2.24) is 24.5 Å². The molecule has 0 unspecified atom stereocenters. The number of ether oxygens (including phenoxy) is 2. The highest BCUT2D eigenvalue weighted by Gasteiger charge is 2.26. The Hall–Kier alpha value is -2.80. The van der Waals surface area contributed by atoms with Crippen LogP contribution < -0.4 is 0 Å². The van der Waals surface area contributed by atoms with E-state index in [1.807, 2.05) is 15.9 Å². The molecule has 1 heterocycles. The summed E-state index contributed by atoms with van der Waals surface area (Å²) in [4.78, 5) is 63.0. The minimum absolute atomic E-state index is 0.00498. The number of aliphatic hydroxyl groups excluding tert-OH is 1. The molecule has 0 aliphatic carbocycles. The molecule has 12 heteroatoms. The van der Waals surface area contributed by atoms with Gasteiger partial charge in [-0.1, -0.05) is 304 Å². The van der Waals surface area contributed by atoms with Gasteiger partial charge in [-0.3, -0.25) is 29.0 Å². The number of hydrogen-bond acceptors (Lipinski definition) is 10. The molecule has 0 bridgehead atoms. The Morgan fingerprint density at radius 1 is 0.315 bits per heavy atom. The van der Waals surface area contributed by atoms with Gasteiger partial charge in [-0.05, 0) is 76.9 Å². The van der Waals surface area contributed by atoms with Crippen molar-refractivity contribution < 1.29 is 33.8 Å². The van der Waals surface area contributed by atoms with E-state index in [-0.39, 0.29) is 43.6 Å². The second kappa shape index (κ2) is 69.5. The molecule has 0 atom stereocenters. The zero-order valence-electron chi connectivity index (χ0n) is 60.0. The molecule has 0 aromatic heterocycles. The maximum absolute atomic E-state index is 14.1. The third-order valence-electron chi connectivity index (χ3n) is 17.9. The molecule has 0 saturated carbocycles. The van der Waals surface area contributed by atoms with Crippen molar-refractivity contribution in [1.29, 1.82) is 0 Å². The van der Waals surface area contributed by atoms with E-state index in [1.165, 1.54) is 264 Å². The zero-order chi connectivity index (χ0) is 65.0. The molecule has 1 rings (SSSR count). The molecule has 1 aliphatic heterocycles. The van der Waals surface area contributed by atoms with E-state index >= 15 is 0 Å². The van der Waals surface area contributed by atoms with E-state index in [9.17, 15) is 19.2 Å². The van der Waals surface area contributed by atoms with E-state index in [0.29, 0.717) is 58.7 Å². The van der Waals surface area contributed by atoms with Gasteiger partial charge in [0.25, 0.3) is 0 Å². The summed E-state index contributed by atoms with van der Waals surface area (Å²) in [6.07, 6.45) is 65.8. The first-order valence-electron chi connectivity index (χ1n) is 38.6. The number of unbranched alkanes of at least 4 members (excludes halogenated alkanes) is 39. The molecule has 0 aromatic carbocycles. The average molecular weight is 1260 g/mol. The molecular formula is C77H149N5O7. The number of hydrogen-bond donors (Lipinski definition) is 1. The Morgan fingerprint density at radius 3 is 0.899 bits per heavy atom. The summed E-state index contributed by atoms with van der Waals surface area (Å²) < 4.78 is 10.5. The summed E-state index contributed by atoms with van der Waals surface area (Å²) in [7, 11) is 0. The second-order valence-corrected chi connectivity index (χ2v) is 26.4. The van der Waals surface area contributed by atoms with Crippen LogP contribution in [0.1, 0.15) is 343 Å². The fraction of sp³-hybridized carbons (Fsp3) is 0.896. The van der Waals surface area contributed by atoms with Crippen molar-refractivity contribution in [3.63, 3.8) is 0 Å². The van der Waals surface area contributed by atoms with Gasteiger partial charge in [-0.25, -0.2) is 0 Å². The number of esters is 2. The van der Waals surface area contributed by atoms with Crippen LogP contribution in [0.25, 0.3) is 0 Å². The summed E-state index contributed by atoms with van der Waals surface area (Å²) in [5.41, 5.74) is 0. The van der Waals surface area contributed by atoms with Gasteiger partial charge in [-0.15, -0.1) is 0 Å². The molecule has 524 valence electrons. The maximum Gasteiger partial charge on any atom is 0.306 e. The van der Waals surface area contributed by atoms with Crippen LogP contribution in [0, 0.1) is 0 Å². The number of carbonyl (C=O) groups excluding carboxylic acids is 4. The van der Waals surface area contributed by atoms with Crippen LogP contribution in [0.3, 0.4) is 0 Å². The highest BCUT2D eigenvalue weighted by Crippen LogP contribution is 2.16. The Bertz CT molecular complexity index is 1570. The smallest absolute Gasteiger partial charge is 0.306 e. The van der Waals surface area contributed by atoms with Gasteiger partial charge < -0.3 is 29.3 Å². The van der Waals surface area contributed by atoms with Gasteiger partial charge in [0.05, 0.1) is 19.7 Å². The first-order chi connectivity index (χ1) is 43.7. The highest BCUT2D eigenvalue weighted by molar-refractivity contribution is 5.80. The van der Waals surface area contributed by atoms with Crippen LogP contribution in [-0.4, -0.2) is 158 Å². The number of piperazine rings is 1. The lowest BCUT2D eigenvalue weighted by molar-refractivity contribution is -0.143. The van der Waals surface area contributed by atoms with Crippen molar-refractivity contribution in [3.05, 3.63) is 24.3 Å². The van der Waals surface area contributed by atoms with Crippen LogP contribution >= 0.6 is 0 Å².